The molecule has 0 N–H and O–H groups in total. The molecule has 22 aromatic carbocycles. The fraction of sp³-hybridized carbons (Fsp3) is 0.0746. The van der Waals surface area contributed by atoms with Gasteiger partial charge in [0.05, 0.1) is 10.8 Å². The Balaban J connectivity index is 0.000000139. The normalized spacial score (nSPS) is 13.0. The van der Waals surface area contributed by atoms with Crippen molar-refractivity contribution in [1.29, 1.82) is 0 Å². The maximum atomic E-state index is 2.50. The van der Waals surface area contributed by atoms with Crippen molar-refractivity contribution in [1.82, 2.24) is 18.3 Å². The molecule has 4 nitrogen and oxygen atoms in total. The van der Waals surface area contributed by atoms with Crippen molar-refractivity contribution in [2.24, 2.45) is 28.2 Å². The lowest BCUT2D eigenvalue weighted by molar-refractivity contribution is 0.769. The number of hydrogen-bond donors (Lipinski definition) is 0. The van der Waals surface area contributed by atoms with Crippen molar-refractivity contribution in [3.63, 3.8) is 0 Å². The molecule has 28 rings (SSSR count). The molecule has 0 bridgehead atoms. The van der Waals surface area contributed by atoms with Crippen LogP contribution in [0.1, 0.15) is 66.8 Å². The van der Waals surface area contributed by atoms with Gasteiger partial charge in [0.25, 0.3) is 0 Å². The van der Waals surface area contributed by atoms with Gasteiger partial charge in [0.15, 0.2) is 0 Å². The molecule has 0 saturated heterocycles. The molecular weight excluding hydrogens is 1670 g/mol. The molecule has 2 aliphatic carbocycles. The molecule has 0 atom stereocenters. The molecule has 0 saturated carbocycles. The van der Waals surface area contributed by atoms with Crippen molar-refractivity contribution in [2.75, 3.05) is 0 Å². The second-order valence-corrected chi connectivity index (χ2v) is 38.8. The van der Waals surface area contributed by atoms with Crippen molar-refractivity contribution in [3.8, 4) is 89.0 Å². The summed E-state index contributed by atoms with van der Waals surface area (Å²) in [5, 5.41) is 20.1. The quantitative estimate of drug-likeness (QED) is 0.122. The van der Waals surface area contributed by atoms with Crippen LogP contribution in [0.5, 0.6) is 0 Å². The molecule has 138 heavy (non-hydrogen) atoms. The van der Waals surface area contributed by atoms with Crippen molar-refractivity contribution in [2.45, 2.75) is 38.5 Å². The van der Waals surface area contributed by atoms with Crippen molar-refractivity contribution in [3.05, 3.63) is 504 Å². The SMILES string of the molecule is Cc1ccc(C2(c3ccc(C)cc3)c3ccccc3-c3cccc(-c4c5cccc(-c6ccc7c(c6)c6ccccc6n7C)c5cc5c(-c6ccc7c(c6)c6ccccc6n7C)cccc45)c32)cc1.Cc1ccc(C2(c3ccc(C)cc3)c3ccccc3-c3cccc(-c4c5cccc(-c6ccc7c8ccccc8n(C)c7c6)c5cc5c(-c6ccc7c8ccccc8n(C)c7c6)cccc45)c32)cc1. The summed E-state index contributed by atoms with van der Waals surface area (Å²) < 4.78 is 9.35. The first kappa shape index (κ1) is 80.7. The van der Waals surface area contributed by atoms with Crippen LogP contribution in [0.2, 0.25) is 0 Å². The Bertz CT molecular complexity index is 9210. The monoisotopic (exact) mass is 1760 g/mol. The number of aromatic nitrogens is 4. The molecule has 0 aliphatic heterocycles. The Hall–Kier alpha value is -16.9. The molecule has 0 spiro atoms. The van der Waals surface area contributed by atoms with Crippen molar-refractivity contribution < 1.29 is 0 Å². The van der Waals surface area contributed by atoms with Gasteiger partial charge in [0.2, 0.25) is 0 Å². The van der Waals surface area contributed by atoms with E-state index in [0.717, 1.165) is 0 Å². The van der Waals surface area contributed by atoms with Crippen molar-refractivity contribution >= 4 is 130 Å². The van der Waals surface area contributed by atoms with Crippen LogP contribution in [0, 0.1) is 27.7 Å². The van der Waals surface area contributed by atoms with Gasteiger partial charge in [-0.3, -0.25) is 0 Å². The summed E-state index contributed by atoms with van der Waals surface area (Å²) in [5.74, 6) is 0. The van der Waals surface area contributed by atoms with E-state index < -0.39 is 10.8 Å². The Morgan fingerprint density at radius 3 is 0.717 bits per heavy atom. The minimum atomic E-state index is -0.591. The number of aryl methyl sites for hydroxylation is 8. The van der Waals surface area contributed by atoms with Gasteiger partial charge in [-0.15, -0.1) is 0 Å². The smallest absolute Gasteiger partial charge is 0.0719 e. The first-order valence-electron chi connectivity index (χ1n) is 48.4. The van der Waals surface area contributed by atoms with Gasteiger partial charge in [-0.25, -0.2) is 0 Å². The minimum Gasteiger partial charge on any atom is -0.344 e. The van der Waals surface area contributed by atoms with Crippen LogP contribution in [-0.4, -0.2) is 18.3 Å². The second kappa shape index (κ2) is 30.8. The van der Waals surface area contributed by atoms with E-state index in [4.69, 9.17) is 0 Å². The second-order valence-electron chi connectivity index (χ2n) is 38.8. The van der Waals surface area contributed by atoms with Crippen LogP contribution in [0.3, 0.4) is 0 Å². The third-order valence-electron chi connectivity index (χ3n) is 31.6. The standard InChI is InChI=1S/2C67H48N2/c1-41-26-32-45(33-27-41)67(46-34-28-42(2)29-35-46)60-23-8-5-14-49(60)56-21-13-22-57(66(56)67)65-54-19-11-17-47(43-30-36-52-50-15-6-9-24-61(50)68(3)63(52)38-43)58(54)40-59-48(18-12-20-55(59)65)44-31-37-53-51-16-7-10-25-62(51)69(4)64(53)39-44;1-41-26-32-45(33-27-41)67(46-34-28-42(2)29-35-46)60-23-8-5-14-49(60)54-21-13-22-55(66(54)67)65-52-19-11-17-47(43-30-36-63-58(38-43)50-15-6-9-24-61(50)68(63)3)56(52)40-57-48(18-12-20-53(57)65)44-31-37-64-59(39-44)51-16-7-10-25-62(51)69(64)4/h2*5-40H,1-4H3. The van der Waals surface area contributed by atoms with E-state index in [1.807, 2.05) is 0 Å². The molecular formula is C134H96N4. The van der Waals surface area contributed by atoms with E-state index in [2.05, 4.69) is 511 Å². The maximum Gasteiger partial charge on any atom is 0.0719 e. The topological polar surface area (TPSA) is 19.7 Å². The number of benzene rings is 22. The highest BCUT2D eigenvalue weighted by Crippen LogP contribution is 2.63. The van der Waals surface area contributed by atoms with E-state index in [-0.39, 0.29) is 0 Å². The summed E-state index contributed by atoms with van der Waals surface area (Å²) in [6, 6.07) is 166. The summed E-state index contributed by atoms with van der Waals surface area (Å²) in [5.41, 5.74) is 44.0. The van der Waals surface area contributed by atoms with Crippen LogP contribution in [-0.2, 0) is 39.0 Å². The van der Waals surface area contributed by atoms with Gasteiger partial charge >= 0.3 is 0 Å². The number of rotatable bonds is 10. The zero-order valence-corrected chi connectivity index (χ0v) is 78.4. The lowest BCUT2D eigenvalue weighted by Gasteiger charge is -2.36. The van der Waals surface area contributed by atoms with Crippen LogP contribution in [0.4, 0.5) is 0 Å². The molecule has 652 valence electrons. The van der Waals surface area contributed by atoms with Gasteiger partial charge in [-0.2, -0.15) is 0 Å². The van der Waals surface area contributed by atoms with Gasteiger partial charge in [0.1, 0.15) is 0 Å². The van der Waals surface area contributed by atoms with Gasteiger partial charge in [-0.1, -0.05) is 386 Å². The molecule has 2 aliphatic rings. The highest BCUT2D eigenvalue weighted by atomic mass is 15.0. The third-order valence-corrected chi connectivity index (χ3v) is 31.6. The minimum absolute atomic E-state index is 0.590. The Kier molecular flexibility index (Phi) is 18.0. The van der Waals surface area contributed by atoms with Crippen LogP contribution in [0.25, 0.3) is 219 Å². The summed E-state index contributed by atoms with van der Waals surface area (Å²) in [7, 11) is 8.76. The summed E-state index contributed by atoms with van der Waals surface area (Å²) >= 11 is 0. The number of fused-ring (bicyclic) bond motifs is 22. The molecule has 0 amide bonds. The molecule has 4 heterocycles. The fourth-order valence-corrected chi connectivity index (χ4v) is 25.1. The maximum absolute atomic E-state index is 2.50. The number of hydrogen-bond acceptors (Lipinski definition) is 0. The highest BCUT2D eigenvalue weighted by molar-refractivity contribution is 6.24. The lowest BCUT2D eigenvalue weighted by atomic mass is 9.65. The van der Waals surface area contributed by atoms with Gasteiger partial charge in [0, 0.05) is 115 Å². The molecule has 0 radical (unpaired) electrons. The summed E-state index contributed by atoms with van der Waals surface area (Å²) in [6.07, 6.45) is 0. The Morgan fingerprint density at radius 1 is 0.152 bits per heavy atom. The van der Waals surface area contributed by atoms with E-state index in [0.29, 0.717) is 0 Å². The van der Waals surface area contributed by atoms with E-state index >= 15 is 0 Å². The fourth-order valence-electron chi connectivity index (χ4n) is 25.1. The Morgan fingerprint density at radius 2 is 0.384 bits per heavy atom. The Labute approximate surface area is 802 Å². The van der Waals surface area contributed by atoms with Gasteiger partial charge < -0.3 is 18.3 Å². The first-order chi connectivity index (χ1) is 67.8. The average molecular weight is 1760 g/mol. The summed E-state index contributed by atoms with van der Waals surface area (Å²) in [6.45, 7) is 8.77. The van der Waals surface area contributed by atoms with Crippen LogP contribution in [0.15, 0.2) is 437 Å². The lowest BCUT2D eigenvalue weighted by Crippen LogP contribution is -2.29. The highest BCUT2D eigenvalue weighted by Gasteiger charge is 2.50. The first-order valence-corrected chi connectivity index (χ1v) is 48.4. The molecule has 26 aromatic rings. The zero-order chi connectivity index (χ0) is 92.2. The number of para-hydroxylation sites is 4. The molecule has 4 aromatic heterocycles. The molecule has 0 unspecified atom stereocenters. The van der Waals surface area contributed by atoms with Gasteiger partial charge in [-0.05, 0) is 277 Å². The predicted molar refractivity (Wildman–Crippen MR) is 585 cm³/mol. The molecule has 4 heteroatoms. The van der Waals surface area contributed by atoms with Crippen LogP contribution < -0.4 is 0 Å². The predicted octanol–water partition coefficient (Wildman–Crippen LogP) is 34.5. The van der Waals surface area contributed by atoms with E-state index in [1.54, 1.807) is 0 Å². The average Bonchev–Trinajstić information content (AvgIpc) is 1.53. The zero-order valence-electron chi connectivity index (χ0n) is 78.4. The largest absolute Gasteiger partial charge is 0.344 e. The van der Waals surface area contributed by atoms with E-state index in [1.165, 1.54) is 286 Å². The number of nitrogens with zero attached hydrogens (tertiary/aromatic N) is 4. The third kappa shape index (κ3) is 11.7. The molecule has 0 fully saturated rings. The van der Waals surface area contributed by atoms with E-state index in [9.17, 15) is 0 Å². The van der Waals surface area contributed by atoms with Crippen LogP contribution >= 0.6 is 0 Å². The summed E-state index contributed by atoms with van der Waals surface area (Å²) in [4.78, 5) is 0.